The Morgan fingerprint density at radius 2 is 1.67 bits per heavy atom. The minimum Gasteiger partial charge on any atom is -0.465 e. The van der Waals surface area contributed by atoms with Gasteiger partial charge in [0.15, 0.2) is 5.71 Å². The Morgan fingerprint density at radius 1 is 1.04 bits per heavy atom. The highest BCUT2D eigenvalue weighted by atomic mass is 16.5. The van der Waals surface area contributed by atoms with E-state index in [0.29, 0.717) is 0 Å². The number of hydrazone groups is 1. The molecule has 0 aromatic heterocycles. The normalized spacial score (nSPS) is 21.9. The summed E-state index contributed by atoms with van der Waals surface area (Å²) < 4.78 is 9.17. The molecule has 3 rings (SSSR count). The number of nitrogens with one attached hydrogen (secondary N) is 1. The van der Waals surface area contributed by atoms with E-state index in [2.05, 4.69) is 20.0 Å². The number of anilines is 1. The van der Waals surface area contributed by atoms with Gasteiger partial charge < -0.3 is 9.47 Å². The van der Waals surface area contributed by atoms with Gasteiger partial charge in [0.05, 0.1) is 25.5 Å². The third kappa shape index (κ3) is 2.21. The molecule has 2 unspecified atom stereocenters. The van der Waals surface area contributed by atoms with Crippen molar-refractivity contribution in [2.24, 2.45) is 11.0 Å². The van der Waals surface area contributed by atoms with Crippen LogP contribution in [0.5, 0.6) is 0 Å². The molecule has 2 aliphatic rings. The number of fused-ring (bicyclic) bond motifs is 1. The molecule has 1 aromatic rings. The van der Waals surface area contributed by atoms with Crippen LogP contribution in [0, 0.1) is 5.92 Å². The maximum absolute atomic E-state index is 12.6. The molecule has 0 bridgehead atoms. The van der Waals surface area contributed by atoms with Crippen LogP contribution in [0.1, 0.15) is 10.4 Å². The van der Waals surface area contributed by atoms with Gasteiger partial charge in [-0.05, 0) is 24.3 Å². The Labute approximate surface area is 136 Å². The molecule has 1 aromatic carbocycles. The molecule has 124 valence electrons. The molecule has 0 aliphatic carbocycles. The smallest absolute Gasteiger partial charge is 0.355 e. The summed E-state index contributed by atoms with van der Waals surface area (Å²) in [6.45, 7) is 0. The molecule has 2 aliphatic heterocycles. The third-order valence-electron chi connectivity index (χ3n) is 3.87. The molecule has 1 fully saturated rings. The van der Waals surface area contributed by atoms with Crippen molar-refractivity contribution in [3.05, 3.63) is 29.8 Å². The number of carbonyl (C=O) groups excluding carboxylic acids is 4. The van der Waals surface area contributed by atoms with E-state index in [-0.39, 0.29) is 17.0 Å². The molecular weight excluding hydrogens is 318 g/mol. The second-order valence-corrected chi connectivity index (χ2v) is 5.12. The maximum Gasteiger partial charge on any atom is 0.355 e. The van der Waals surface area contributed by atoms with Crippen LogP contribution in [0.3, 0.4) is 0 Å². The van der Waals surface area contributed by atoms with E-state index in [1.807, 2.05) is 0 Å². The van der Waals surface area contributed by atoms with Crippen molar-refractivity contribution < 1.29 is 28.7 Å². The molecule has 0 radical (unpaired) electrons. The Morgan fingerprint density at radius 3 is 2.25 bits per heavy atom. The molecule has 2 atom stereocenters. The van der Waals surface area contributed by atoms with Gasteiger partial charge in [-0.3, -0.25) is 15.0 Å². The first-order valence-electron chi connectivity index (χ1n) is 6.97. The molecule has 9 nitrogen and oxygen atoms in total. The minimum atomic E-state index is -1.02. The van der Waals surface area contributed by atoms with Crippen LogP contribution in [0.25, 0.3) is 0 Å². The largest absolute Gasteiger partial charge is 0.465 e. The van der Waals surface area contributed by atoms with E-state index in [4.69, 9.17) is 0 Å². The number of amides is 2. The molecule has 2 amide bonds. The van der Waals surface area contributed by atoms with Crippen molar-refractivity contribution in [1.29, 1.82) is 0 Å². The van der Waals surface area contributed by atoms with E-state index < -0.39 is 35.7 Å². The molecule has 24 heavy (non-hydrogen) atoms. The summed E-state index contributed by atoms with van der Waals surface area (Å²) in [7, 11) is 2.42. The molecule has 1 saturated heterocycles. The first-order chi connectivity index (χ1) is 11.5. The number of hydrogen-bond acceptors (Lipinski definition) is 8. The fraction of sp³-hybridized carbons (Fsp3) is 0.267. The maximum atomic E-state index is 12.6. The number of nitrogens with zero attached hydrogens (tertiary/aromatic N) is 2. The highest BCUT2D eigenvalue weighted by Gasteiger charge is 2.55. The number of esters is 2. The van der Waals surface area contributed by atoms with E-state index in [1.165, 1.54) is 38.5 Å². The molecule has 0 saturated carbocycles. The van der Waals surface area contributed by atoms with Crippen LogP contribution in [0.2, 0.25) is 0 Å². The van der Waals surface area contributed by atoms with Gasteiger partial charge in [0.25, 0.3) is 5.91 Å². The van der Waals surface area contributed by atoms with Gasteiger partial charge in [0, 0.05) is 0 Å². The number of carbonyl (C=O) groups is 4. The van der Waals surface area contributed by atoms with Gasteiger partial charge in [-0.1, -0.05) is 0 Å². The zero-order valence-electron chi connectivity index (χ0n) is 12.8. The van der Waals surface area contributed by atoms with Crippen molar-refractivity contribution >= 4 is 35.2 Å². The first kappa shape index (κ1) is 15.7. The van der Waals surface area contributed by atoms with Crippen LogP contribution < -0.4 is 10.3 Å². The second-order valence-electron chi connectivity index (χ2n) is 5.12. The second kappa shape index (κ2) is 5.76. The Balaban J connectivity index is 1.89. The van der Waals surface area contributed by atoms with Gasteiger partial charge in [-0.15, -0.1) is 0 Å². The highest BCUT2D eigenvalue weighted by Crippen LogP contribution is 2.30. The third-order valence-corrected chi connectivity index (χ3v) is 3.87. The van der Waals surface area contributed by atoms with Crippen LogP contribution >= 0.6 is 0 Å². The molecule has 1 N–H and O–H groups in total. The van der Waals surface area contributed by atoms with Gasteiger partial charge in [0.1, 0.15) is 12.0 Å². The van der Waals surface area contributed by atoms with E-state index in [9.17, 15) is 19.2 Å². The van der Waals surface area contributed by atoms with Crippen molar-refractivity contribution in [3.63, 3.8) is 0 Å². The van der Waals surface area contributed by atoms with Crippen LogP contribution in [0.15, 0.2) is 29.4 Å². The number of ether oxygens (including phenoxy) is 2. The Bertz CT molecular complexity index is 770. The van der Waals surface area contributed by atoms with Gasteiger partial charge >= 0.3 is 11.9 Å². The first-order valence-corrected chi connectivity index (χ1v) is 6.97. The number of rotatable bonds is 3. The SMILES string of the molecule is COC(=O)C1=NNC2C(=O)N(c3ccc(C(=O)OC)cc3)C(=O)C12. The molecule has 2 heterocycles. The fourth-order valence-electron chi connectivity index (χ4n) is 2.68. The number of benzene rings is 1. The van der Waals surface area contributed by atoms with Crippen LogP contribution in [0.4, 0.5) is 5.69 Å². The molecular formula is C15H13N3O6. The topological polar surface area (TPSA) is 114 Å². The predicted molar refractivity (Wildman–Crippen MR) is 80.1 cm³/mol. The highest BCUT2D eigenvalue weighted by molar-refractivity contribution is 6.46. The zero-order valence-corrected chi connectivity index (χ0v) is 12.8. The molecule has 0 spiro atoms. The van der Waals surface area contributed by atoms with Crippen molar-refractivity contribution in [1.82, 2.24) is 5.43 Å². The standard InChI is InChI=1S/C15H13N3O6/c1-23-14(21)7-3-5-8(6-4-7)18-12(19)9-10(13(18)20)16-17-11(9)15(22)24-2/h3-6,9-10,16H,1-2H3. The fourth-order valence-corrected chi connectivity index (χ4v) is 2.68. The quantitative estimate of drug-likeness (QED) is 0.584. The van der Waals surface area contributed by atoms with E-state index >= 15 is 0 Å². The summed E-state index contributed by atoms with van der Waals surface area (Å²) >= 11 is 0. The van der Waals surface area contributed by atoms with Gasteiger partial charge in [0.2, 0.25) is 5.91 Å². The average molecular weight is 331 g/mol. The lowest BCUT2D eigenvalue weighted by atomic mass is 9.99. The average Bonchev–Trinajstić information content (AvgIpc) is 3.14. The lowest BCUT2D eigenvalue weighted by Gasteiger charge is -2.15. The number of imide groups is 1. The summed E-state index contributed by atoms with van der Waals surface area (Å²) in [5.41, 5.74) is 2.95. The van der Waals surface area contributed by atoms with E-state index in [1.54, 1.807) is 0 Å². The van der Waals surface area contributed by atoms with Crippen molar-refractivity contribution in [2.75, 3.05) is 19.1 Å². The monoisotopic (exact) mass is 331 g/mol. The lowest BCUT2D eigenvalue weighted by Crippen LogP contribution is -2.36. The van der Waals surface area contributed by atoms with Crippen LogP contribution in [-0.2, 0) is 23.9 Å². The van der Waals surface area contributed by atoms with Gasteiger partial charge in [-0.2, -0.15) is 5.10 Å². The zero-order chi connectivity index (χ0) is 17.4. The van der Waals surface area contributed by atoms with Crippen molar-refractivity contribution in [3.8, 4) is 0 Å². The Kier molecular flexibility index (Phi) is 3.76. The summed E-state index contributed by atoms with van der Waals surface area (Å²) in [4.78, 5) is 49.1. The van der Waals surface area contributed by atoms with Gasteiger partial charge in [-0.25, -0.2) is 14.5 Å². The van der Waals surface area contributed by atoms with E-state index in [0.717, 1.165) is 4.90 Å². The molecule has 9 heteroatoms. The number of hydrogen-bond donors (Lipinski definition) is 1. The predicted octanol–water partition coefficient (Wildman–Crippen LogP) is -0.537. The minimum absolute atomic E-state index is 0.130. The lowest BCUT2D eigenvalue weighted by molar-refractivity contribution is -0.133. The summed E-state index contributed by atoms with van der Waals surface area (Å²) in [5.74, 6) is -3.42. The summed E-state index contributed by atoms with van der Waals surface area (Å²) in [6.07, 6.45) is 0. The summed E-state index contributed by atoms with van der Waals surface area (Å²) in [6, 6.07) is 4.86. The van der Waals surface area contributed by atoms with Crippen molar-refractivity contribution in [2.45, 2.75) is 6.04 Å². The Hall–Kier alpha value is -3.23. The summed E-state index contributed by atoms with van der Waals surface area (Å²) in [5, 5.41) is 3.73. The van der Waals surface area contributed by atoms with Crippen LogP contribution in [-0.4, -0.2) is 49.7 Å². The number of methoxy groups -OCH3 is 2.